The lowest BCUT2D eigenvalue weighted by atomic mass is 10.1. The molecule has 104 valence electrons. The molecular formula is C13H21N5O. The smallest absolute Gasteiger partial charge is 0.253 e. The lowest BCUT2D eigenvalue weighted by Crippen LogP contribution is -2.71. The highest BCUT2D eigenvalue weighted by atomic mass is 16.2. The van der Waals surface area contributed by atoms with Crippen LogP contribution in [0.1, 0.15) is 0 Å². The minimum Gasteiger partial charge on any atom is -0.369 e. The van der Waals surface area contributed by atoms with Gasteiger partial charge < -0.3 is 22.1 Å². The largest absolute Gasteiger partial charge is 0.369 e. The first-order valence-corrected chi connectivity index (χ1v) is 6.42. The Labute approximate surface area is 113 Å². The number of benzene rings is 1. The molecule has 1 fully saturated rings. The van der Waals surface area contributed by atoms with Crippen LogP contribution in [0.15, 0.2) is 30.3 Å². The highest BCUT2D eigenvalue weighted by Gasteiger charge is 2.38. The number of nitrogens with two attached hydrogens (primary N) is 3. The normalized spacial score (nSPS) is 20.0. The molecule has 1 aliphatic heterocycles. The first-order valence-electron chi connectivity index (χ1n) is 6.42. The second-order valence-electron chi connectivity index (χ2n) is 4.80. The van der Waals surface area contributed by atoms with Gasteiger partial charge in [0.1, 0.15) is 0 Å². The first kappa shape index (κ1) is 13.8. The van der Waals surface area contributed by atoms with Gasteiger partial charge in [-0.15, -0.1) is 0 Å². The predicted molar refractivity (Wildman–Crippen MR) is 75.4 cm³/mol. The van der Waals surface area contributed by atoms with Crippen LogP contribution in [0.25, 0.3) is 0 Å². The van der Waals surface area contributed by atoms with Crippen molar-refractivity contribution in [3.63, 3.8) is 0 Å². The van der Waals surface area contributed by atoms with Gasteiger partial charge in [-0.05, 0) is 12.1 Å². The number of para-hydroxylation sites is 1. The maximum absolute atomic E-state index is 11.5. The average Bonchev–Trinajstić information content (AvgIpc) is 2.47. The van der Waals surface area contributed by atoms with Crippen molar-refractivity contribution in [2.45, 2.75) is 5.66 Å². The number of primary amides is 1. The highest BCUT2D eigenvalue weighted by Crippen LogP contribution is 2.18. The number of carbonyl (C=O) groups is 1. The van der Waals surface area contributed by atoms with Gasteiger partial charge in [-0.3, -0.25) is 9.69 Å². The molecule has 1 amide bonds. The van der Waals surface area contributed by atoms with E-state index in [1.54, 1.807) is 0 Å². The third kappa shape index (κ3) is 2.70. The molecule has 0 bridgehead atoms. The number of amides is 1. The molecular weight excluding hydrogens is 242 g/mol. The Balaban J connectivity index is 2.01. The highest BCUT2D eigenvalue weighted by molar-refractivity contribution is 5.84. The van der Waals surface area contributed by atoms with Crippen LogP contribution < -0.4 is 22.1 Å². The molecule has 1 unspecified atom stereocenters. The molecule has 0 aromatic heterocycles. The van der Waals surface area contributed by atoms with Crippen molar-refractivity contribution >= 4 is 11.6 Å². The Bertz CT molecular complexity index is 430. The third-order valence-corrected chi connectivity index (χ3v) is 3.70. The van der Waals surface area contributed by atoms with Gasteiger partial charge in [-0.25, -0.2) is 0 Å². The molecule has 6 heteroatoms. The van der Waals surface area contributed by atoms with Gasteiger partial charge in [0.25, 0.3) is 5.91 Å². The minimum atomic E-state index is -1.23. The average molecular weight is 263 g/mol. The van der Waals surface area contributed by atoms with Crippen LogP contribution in [0.2, 0.25) is 0 Å². The van der Waals surface area contributed by atoms with Gasteiger partial charge in [-0.1, -0.05) is 18.2 Å². The number of rotatable bonds is 4. The van der Waals surface area contributed by atoms with Crippen LogP contribution in [0, 0.1) is 0 Å². The van der Waals surface area contributed by atoms with Crippen LogP contribution in [-0.4, -0.2) is 49.2 Å². The summed E-state index contributed by atoms with van der Waals surface area (Å²) in [5.74, 6) is -0.567. The number of nitrogens with zero attached hydrogens (tertiary/aromatic N) is 2. The Kier molecular flexibility index (Phi) is 4.04. The molecule has 19 heavy (non-hydrogen) atoms. The van der Waals surface area contributed by atoms with Crippen molar-refractivity contribution in [2.75, 3.05) is 37.6 Å². The molecule has 0 saturated carbocycles. The van der Waals surface area contributed by atoms with Crippen molar-refractivity contribution in [3.05, 3.63) is 30.3 Å². The summed E-state index contributed by atoms with van der Waals surface area (Å²) in [6, 6.07) is 10.2. The van der Waals surface area contributed by atoms with Crippen LogP contribution in [0.5, 0.6) is 0 Å². The molecule has 0 radical (unpaired) electrons. The lowest BCUT2D eigenvalue weighted by Gasteiger charge is -2.43. The summed E-state index contributed by atoms with van der Waals surface area (Å²) in [7, 11) is 0. The molecule has 1 atom stereocenters. The zero-order valence-corrected chi connectivity index (χ0v) is 11.0. The summed E-state index contributed by atoms with van der Waals surface area (Å²) in [5.41, 5.74) is 16.9. The molecule has 2 rings (SSSR count). The fourth-order valence-electron chi connectivity index (χ4n) is 2.39. The van der Waals surface area contributed by atoms with Crippen LogP contribution in [0.4, 0.5) is 5.69 Å². The summed E-state index contributed by atoms with van der Waals surface area (Å²) in [6.45, 7) is 2.98. The second kappa shape index (κ2) is 5.56. The van der Waals surface area contributed by atoms with E-state index >= 15 is 0 Å². The topological polar surface area (TPSA) is 102 Å². The molecule has 0 aliphatic carbocycles. The zero-order valence-electron chi connectivity index (χ0n) is 11.0. The SMILES string of the molecule is NCC(N)(C(N)=O)N1CCN(c2ccccc2)CC1. The Hall–Kier alpha value is -1.63. The van der Waals surface area contributed by atoms with Gasteiger partial charge in [0.15, 0.2) is 5.66 Å². The maximum atomic E-state index is 11.5. The van der Waals surface area contributed by atoms with Gasteiger partial charge in [0.05, 0.1) is 0 Å². The maximum Gasteiger partial charge on any atom is 0.253 e. The van der Waals surface area contributed by atoms with Crippen LogP contribution in [0.3, 0.4) is 0 Å². The van der Waals surface area contributed by atoms with Crippen LogP contribution >= 0.6 is 0 Å². The number of anilines is 1. The Morgan fingerprint density at radius 3 is 2.21 bits per heavy atom. The molecule has 1 aliphatic rings. The predicted octanol–water partition coefficient (Wildman–Crippen LogP) is -1.09. The Morgan fingerprint density at radius 2 is 1.74 bits per heavy atom. The molecule has 1 aromatic rings. The number of piperazine rings is 1. The summed E-state index contributed by atoms with van der Waals surface area (Å²) in [4.78, 5) is 15.6. The van der Waals surface area contributed by atoms with Gasteiger partial charge in [-0.2, -0.15) is 0 Å². The number of hydrogen-bond donors (Lipinski definition) is 3. The van der Waals surface area contributed by atoms with E-state index in [1.807, 2.05) is 23.1 Å². The van der Waals surface area contributed by atoms with Crippen molar-refractivity contribution in [1.29, 1.82) is 0 Å². The summed E-state index contributed by atoms with van der Waals surface area (Å²) < 4.78 is 0. The van der Waals surface area contributed by atoms with Crippen molar-refractivity contribution in [2.24, 2.45) is 17.2 Å². The van der Waals surface area contributed by atoms with E-state index in [0.29, 0.717) is 13.1 Å². The molecule has 1 saturated heterocycles. The third-order valence-electron chi connectivity index (χ3n) is 3.70. The molecule has 0 spiro atoms. The van der Waals surface area contributed by atoms with E-state index in [2.05, 4.69) is 17.0 Å². The Morgan fingerprint density at radius 1 is 1.16 bits per heavy atom. The van der Waals surface area contributed by atoms with Gasteiger partial charge in [0, 0.05) is 38.4 Å². The van der Waals surface area contributed by atoms with Gasteiger partial charge in [0.2, 0.25) is 0 Å². The summed E-state index contributed by atoms with van der Waals surface area (Å²) in [6.07, 6.45) is 0. The first-order chi connectivity index (χ1) is 9.08. The van der Waals surface area contributed by atoms with Gasteiger partial charge >= 0.3 is 0 Å². The lowest BCUT2D eigenvalue weighted by molar-refractivity contribution is -0.129. The molecule has 6 N–H and O–H groups in total. The van der Waals surface area contributed by atoms with E-state index in [1.165, 1.54) is 5.69 Å². The van der Waals surface area contributed by atoms with E-state index in [-0.39, 0.29) is 6.54 Å². The second-order valence-corrected chi connectivity index (χ2v) is 4.80. The standard InChI is InChI=1S/C13H21N5O/c14-10-13(16,12(15)19)18-8-6-17(7-9-18)11-4-2-1-3-5-11/h1-5H,6-10,14,16H2,(H2,15,19). The van der Waals surface area contributed by atoms with Crippen molar-refractivity contribution < 1.29 is 4.79 Å². The summed E-state index contributed by atoms with van der Waals surface area (Å²) >= 11 is 0. The summed E-state index contributed by atoms with van der Waals surface area (Å²) in [5, 5.41) is 0. The zero-order chi connectivity index (χ0) is 13.9. The van der Waals surface area contributed by atoms with Crippen molar-refractivity contribution in [1.82, 2.24) is 4.90 Å². The monoisotopic (exact) mass is 263 g/mol. The van der Waals surface area contributed by atoms with Crippen molar-refractivity contribution in [3.8, 4) is 0 Å². The van der Waals surface area contributed by atoms with E-state index in [4.69, 9.17) is 17.2 Å². The number of carbonyl (C=O) groups excluding carboxylic acids is 1. The number of hydrogen-bond acceptors (Lipinski definition) is 5. The fourth-order valence-corrected chi connectivity index (χ4v) is 2.39. The fraction of sp³-hybridized carbons (Fsp3) is 0.462. The molecule has 1 aromatic carbocycles. The minimum absolute atomic E-state index is 0.0354. The van der Waals surface area contributed by atoms with E-state index < -0.39 is 11.6 Å². The molecule has 1 heterocycles. The van der Waals surface area contributed by atoms with E-state index in [0.717, 1.165) is 13.1 Å². The van der Waals surface area contributed by atoms with Crippen LogP contribution in [-0.2, 0) is 4.79 Å². The quantitative estimate of drug-likeness (QED) is 0.640. The molecule has 6 nitrogen and oxygen atoms in total. The van der Waals surface area contributed by atoms with E-state index in [9.17, 15) is 4.79 Å².